The van der Waals surface area contributed by atoms with Crippen LogP contribution in [0.3, 0.4) is 0 Å². The SMILES string of the molecule is C=C1N[C@H]2[C@H](CS[C@H]2CCCCC(=O)OC(C)C)N1.CC(C)C.CSSC(C)C.Cc1ccccc1O.c1ccncc1. The summed E-state index contributed by atoms with van der Waals surface area (Å²) < 4.78 is 5.13. The molecule has 2 aromatic rings. The van der Waals surface area contributed by atoms with Crippen LogP contribution in [0.5, 0.6) is 5.75 Å². The van der Waals surface area contributed by atoms with Crippen LogP contribution in [0.1, 0.15) is 79.7 Å². The van der Waals surface area contributed by atoms with E-state index in [-0.39, 0.29) is 12.1 Å². The van der Waals surface area contributed by atoms with Gasteiger partial charge in [-0.05, 0) is 69.5 Å². The number of aromatic hydroxyl groups is 1. The van der Waals surface area contributed by atoms with E-state index in [9.17, 15) is 4.79 Å². The normalized spacial score (nSPS) is 17.9. The minimum absolute atomic E-state index is 0.00146. The van der Waals surface area contributed by atoms with Crippen LogP contribution in [-0.4, -0.2) is 56.8 Å². The Bertz CT molecular complexity index is 927. The number of para-hydroxylation sites is 1. The number of hydrogen-bond donors (Lipinski definition) is 3. The van der Waals surface area contributed by atoms with E-state index in [4.69, 9.17) is 9.84 Å². The lowest BCUT2D eigenvalue weighted by molar-refractivity contribution is -0.147. The maximum Gasteiger partial charge on any atom is 0.306 e. The number of phenols is 1. The van der Waals surface area contributed by atoms with Gasteiger partial charge in [0.1, 0.15) is 5.75 Å². The van der Waals surface area contributed by atoms with Gasteiger partial charge in [-0.15, -0.1) is 0 Å². The Labute approximate surface area is 274 Å². The van der Waals surface area contributed by atoms with Crippen LogP contribution in [-0.2, 0) is 9.53 Å². The van der Waals surface area contributed by atoms with Crippen LogP contribution in [0.2, 0.25) is 0 Å². The number of hydrogen-bond acceptors (Lipinski definition) is 9. The van der Waals surface area contributed by atoms with Crippen LogP contribution in [0.15, 0.2) is 67.3 Å². The first-order valence-corrected chi connectivity index (χ1v) is 18.9. The van der Waals surface area contributed by atoms with Crippen LogP contribution in [0.25, 0.3) is 0 Å². The predicted molar refractivity (Wildman–Crippen MR) is 193 cm³/mol. The summed E-state index contributed by atoms with van der Waals surface area (Å²) in [6.07, 6.45) is 9.31. The number of carbonyl (C=O) groups excluding carboxylic acids is 1. The number of unbranched alkanes of at least 4 members (excludes halogenated alkanes) is 1. The molecule has 9 heteroatoms. The van der Waals surface area contributed by atoms with Gasteiger partial charge in [-0.25, -0.2) is 0 Å². The average Bonchev–Trinajstić information content (AvgIpc) is 3.49. The number of aryl methyl sites for hydroxylation is 1. The average molecular weight is 652 g/mol. The first kappa shape index (κ1) is 41.0. The van der Waals surface area contributed by atoms with Crippen LogP contribution >= 0.6 is 33.3 Å². The summed E-state index contributed by atoms with van der Waals surface area (Å²) in [5.74, 6) is 3.24. The van der Waals surface area contributed by atoms with Crippen molar-refractivity contribution in [1.29, 1.82) is 0 Å². The molecule has 1 aromatic carbocycles. The lowest BCUT2D eigenvalue weighted by atomic mass is 10.0. The van der Waals surface area contributed by atoms with Crippen molar-refractivity contribution in [2.24, 2.45) is 5.92 Å². The minimum Gasteiger partial charge on any atom is -0.508 e. The number of thioether (sulfide) groups is 1. The van der Waals surface area contributed by atoms with Gasteiger partial charge in [-0.2, -0.15) is 11.8 Å². The molecule has 2 aliphatic rings. The second kappa shape index (κ2) is 25.4. The van der Waals surface area contributed by atoms with Crippen molar-refractivity contribution >= 4 is 39.3 Å². The van der Waals surface area contributed by atoms with E-state index in [1.807, 2.05) is 90.5 Å². The molecule has 0 bridgehead atoms. The maximum absolute atomic E-state index is 11.4. The third kappa shape index (κ3) is 23.1. The zero-order valence-corrected chi connectivity index (χ0v) is 30.3. The fourth-order valence-electron chi connectivity index (χ4n) is 3.75. The number of esters is 1. The number of nitrogens with zero attached hydrogens (tertiary/aromatic N) is 1. The molecule has 2 fully saturated rings. The number of ether oxygens (including phenoxy) is 1. The second-order valence-corrected chi connectivity index (χ2v) is 15.7. The van der Waals surface area contributed by atoms with Crippen molar-refractivity contribution in [3.05, 3.63) is 72.8 Å². The van der Waals surface area contributed by atoms with Gasteiger partial charge < -0.3 is 20.5 Å². The number of fused-ring (bicyclic) bond motifs is 1. The highest BCUT2D eigenvalue weighted by molar-refractivity contribution is 8.76. The Morgan fingerprint density at radius 2 is 1.67 bits per heavy atom. The molecule has 0 saturated carbocycles. The molecule has 6 nitrogen and oxygen atoms in total. The predicted octanol–water partition coefficient (Wildman–Crippen LogP) is 8.87. The first-order chi connectivity index (χ1) is 20.4. The smallest absolute Gasteiger partial charge is 0.306 e. The highest BCUT2D eigenvalue weighted by Crippen LogP contribution is 2.34. The molecule has 0 radical (unpaired) electrons. The van der Waals surface area contributed by atoms with Gasteiger partial charge in [0.25, 0.3) is 0 Å². The molecule has 0 spiro atoms. The third-order valence-electron chi connectivity index (χ3n) is 5.48. The Morgan fingerprint density at radius 1 is 1.05 bits per heavy atom. The Kier molecular flexibility index (Phi) is 24.2. The molecular formula is C34H57N3O3S3. The summed E-state index contributed by atoms with van der Waals surface area (Å²) in [6, 6.07) is 14.0. The summed E-state index contributed by atoms with van der Waals surface area (Å²) in [5, 5.41) is 17.1. The molecule has 3 N–H and O–H groups in total. The summed E-state index contributed by atoms with van der Waals surface area (Å²) in [7, 11) is 3.73. The molecule has 244 valence electrons. The lowest BCUT2D eigenvalue weighted by Crippen LogP contribution is -2.36. The molecule has 3 heterocycles. The van der Waals surface area contributed by atoms with Crippen molar-refractivity contribution < 1.29 is 14.6 Å². The summed E-state index contributed by atoms with van der Waals surface area (Å²) in [4.78, 5) is 15.2. The van der Waals surface area contributed by atoms with E-state index < -0.39 is 0 Å². The highest BCUT2D eigenvalue weighted by Gasteiger charge is 2.40. The standard InChI is InChI=1S/C14H24N2O2S.C7H8O.C5H5N.C4H10S2.C4H10/c1-9(2)18-13(17)7-5-4-6-12-14-11(8-19-12)15-10(3)16-14;1-6-4-2-3-5-7(6)8;1-2-4-6-5-3-1;1-4(2)6-5-3;1-4(2)3/h9,11-12,14-16H,3-8H2,1-2H3;2-5,8H,1H3;1-5H;4H,1-3H3;4H,1-3H3/t11-,12-,14-;;;;/m0..../s1. The van der Waals surface area contributed by atoms with Crippen molar-refractivity contribution in [3.8, 4) is 5.75 Å². The van der Waals surface area contributed by atoms with Gasteiger partial charge in [-0.1, -0.05) is 93.5 Å². The molecule has 0 amide bonds. The highest BCUT2D eigenvalue weighted by atomic mass is 33.1. The van der Waals surface area contributed by atoms with E-state index in [1.165, 1.54) is 0 Å². The zero-order chi connectivity index (χ0) is 32.6. The number of nitrogens with one attached hydrogen (secondary N) is 2. The van der Waals surface area contributed by atoms with Crippen molar-refractivity contribution in [2.75, 3.05) is 12.0 Å². The van der Waals surface area contributed by atoms with Gasteiger partial charge in [-0.3, -0.25) is 9.78 Å². The number of benzene rings is 1. The van der Waals surface area contributed by atoms with E-state index in [0.29, 0.717) is 29.5 Å². The van der Waals surface area contributed by atoms with Gasteiger partial charge in [0.05, 0.1) is 24.0 Å². The number of aromatic nitrogens is 1. The van der Waals surface area contributed by atoms with Crippen molar-refractivity contribution in [3.63, 3.8) is 0 Å². The monoisotopic (exact) mass is 651 g/mol. The molecule has 0 unspecified atom stereocenters. The molecule has 0 aliphatic carbocycles. The molecule has 4 rings (SSSR count). The largest absolute Gasteiger partial charge is 0.508 e. The lowest BCUT2D eigenvalue weighted by Gasteiger charge is -2.17. The van der Waals surface area contributed by atoms with Gasteiger partial charge >= 0.3 is 5.97 Å². The number of carbonyl (C=O) groups is 1. The number of phenolic OH excluding ortho intramolecular Hbond substituents is 1. The topological polar surface area (TPSA) is 83.5 Å². The fourth-order valence-corrected chi connectivity index (χ4v) is 6.84. The van der Waals surface area contributed by atoms with E-state index in [1.54, 1.807) is 18.5 Å². The van der Waals surface area contributed by atoms with Crippen molar-refractivity contribution in [1.82, 2.24) is 15.6 Å². The molecule has 1 aromatic heterocycles. The van der Waals surface area contributed by atoms with Crippen LogP contribution in [0, 0.1) is 12.8 Å². The molecular weight excluding hydrogens is 595 g/mol. The van der Waals surface area contributed by atoms with E-state index in [0.717, 1.165) is 47.6 Å². The van der Waals surface area contributed by atoms with Gasteiger partial charge in [0.15, 0.2) is 0 Å². The quantitative estimate of drug-likeness (QED) is 0.147. The Balaban J connectivity index is 0.000000603. The summed E-state index contributed by atoms with van der Waals surface area (Å²) in [6.45, 7) is 20.5. The minimum atomic E-state index is -0.0685. The van der Waals surface area contributed by atoms with E-state index >= 15 is 0 Å². The Morgan fingerprint density at radius 3 is 2.09 bits per heavy atom. The third-order valence-corrected chi connectivity index (χ3v) is 9.30. The van der Waals surface area contributed by atoms with Crippen molar-refractivity contribution in [2.45, 2.75) is 110 Å². The number of rotatable bonds is 8. The summed E-state index contributed by atoms with van der Waals surface area (Å²) in [5.41, 5.74) is 0.924. The van der Waals surface area contributed by atoms with E-state index in [2.05, 4.69) is 63.1 Å². The molecule has 2 aliphatic heterocycles. The van der Waals surface area contributed by atoms with Gasteiger partial charge in [0, 0.05) is 35.1 Å². The maximum atomic E-state index is 11.4. The fraction of sp³-hybridized carbons (Fsp3) is 0.588. The van der Waals surface area contributed by atoms with Gasteiger partial charge in [0.2, 0.25) is 0 Å². The first-order valence-electron chi connectivity index (χ1n) is 15.2. The van der Waals surface area contributed by atoms with Crippen LogP contribution < -0.4 is 10.6 Å². The summed E-state index contributed by atoms with van der Waals surface area (Å²) >= 11 is 2.02. The molecule has 3 atom stereocenters. The Hall–Kier alpha value is -1.97. The molecule has 2 saturated heterocycles. The second-order valence-electron chi connectivity index (χ2n) is 11.4. The number of pyridine rings is 1. The zero-order valence-electron chi connectivity index (χ0n) is 27.8. The molecule has 43 heavy (non-hydrogen) atoms. The van der Waals surface area contributed by atoms with Crippen LogP contribution in [0.4, 0.5) is 0 Å².